The second-order valence-electron chi connectivity index (χ2n) is 8.93. The van der Waals surface area contributed by atoms with Gasteiger partial charge in [0.1, 0.15) is 11.6 Å². The molecule has 0 aromatic rings. The quantitative estimate of drug-likeness (QED) is 0.251. The average Bonchev–Trinajstić information content (AvgIpc) is 2.54. The van der Waals surface area contributed by atoms with Gasteiger partial charge in [-0.2, -0.15) is 0 Å². The average molecular weight is 458 g/mol. The second kappa shape index (κ2) is 11.8. The third-order valence-electron chi connectivity index (χ3n) is 4.35. The lowest BCUT2D eigenvalue weighted by atomic mass is 9.87. The van der Waals surface area contributed by atoms with Crippen molar-refractivity contribution in [3.63, 3.8) is 0 Å². The predicted octanol–water partition coefficient (Wildman–Crippen LogP) is 3.06. The van der Waals surface area contributed by atoms with Crippen molar-refractivity contribution in [1.29, 1.82) is 0 Å². The first-order valence-electron chi connectivity index (χ1n) is 9.46. The molecule has 0 rings (SSSR count). The molecule has 2 atom stereocenters. The zero-order valence-electron chi connectivity index (χ0n) is 17.8. The molecule has 172 valence electrons. The monoisotopic (exact) mass is 458 g/mol. The Bertz CT molecular complexity index is 639. The van der Waals surface area contributed by atoms with E-state index < -0.39 is 26.3 Å². The van der Waals surface area contributed by atoms with Crippen molar-refractivity contribution in [3.05, 3.63) is 0 Å². The molecule has 0 spiro atoms. The molecule has 29 heavy (non-hydrogen) atoms. The molecule has 0 aliphatic rings. The van der Waals surface area contributed by atoms with Crippen LogP contribution in [0.1, 0.15) is 72.6 Å². The van der Waals surface area contributed by atoms with E-state index in [1.807, 2.05) is 13.8 Å². The number of rotatable bonds is 16. The van der Waals surface area contributed by atoms with Crippen molar-refractivity contribution in [2.45, 2.75) is 72.6 Å². The zero-order chi connectivity index (χ0) is 22.9. The molecular formula is C17H36N2O8P2. The van der Waals surface area contributed by atoms with Crippen molar-refractivity contribution >= 4 is 27.1 Å². The van der Waals surface area contributed by atoms with E-state index in [1.165, 1.54) is 0 Å². The van der Waals surface area contributed by atoms with Gasteiger partial charge in [-0.1, -0.05) is 27.7 Å². The van der Waals surface area contributed by atoms with Gasteiger partial charge in [0.15, 0.2) is 0 Å². The van der Waals surface area contributed by atoms with Crippen molar-refractivity contribution in [2.24, 2.45) is 21.8 Å². The molecule has 0 aliphatic carbocycles. The Balaban J connectivity index is 4.09. The van der Waals surface area contributed by atoms with Crippen LogP contribution in [-0.2, 0) is 27.8 Å². The highest BCUT2D eigenvalue weighted by Gasteiger charge is 2.25. The molecule has 0 bridgehead atoms. The number of ketones is 2. The van der Waals surface area contributed by atoms with E-state index in [-0.39, 0.29) is 44.0 Å². The summed E-state index contributed by atoms with van der Waals surface area (Å²) >= 11 is 0. The smallest absolute Gasteiger partial charge is 0.313 e. The van der Waals surface area contributed by atoms with Gasteiger partial charge in [-0.25, -0.2) is 20.1 Å². The molecule has 0 heterocycles. The Kier molecular flexibility index (Phi) is 11.6. The maximum Gasteiger partial charge on any atom is 0.400 e. The van der Waals surface area contributed by atoms with Crippen LogP contribution in [0.2, 0.25) is 0 Å². The van der Waals surface area contributed by atoms with Crippen molar-refractivity contribution < 1.29 is 37.6 Å². The summed E-state index contributed by atoms with van der Waals surface area (Å²) in [6, 6.07) is 0. The predicted molar refractivity (Wildman–Crippen MR) is 110 cm³/mol. The summed E-state index contributed by atoms with van der Waals surface area (Å²) in [6.45, 7) is 7.27. The van der Waals surface area contributed by atoms with Gasteiger partial charge in [-0.05, 0) is 30.1 Å². The van der Waals surface area contributed by atoms with Crippen LogP contribution < -0.4 is 11.0 Å². The van der Waals surface area contributed by atoms with Crippen LogP contribution in [0.5, 0.6) is 0 Å². The standard InChI is InChI=1S/C17H36N2O8P2/c1-16(2,12-26-28(18,22)23)10-5-6-14(20)7-8-15(21)9-11-17(3,4)13-27-29(19,24)25/h5-13H2,1-4H3,(H3,18,22,23)(H3,19,24,25). The number of carbonyl (C=O) groups is 2. The molecule has 0 saturated carbocycles. The Morgan fingerprint density at radius 2 is 1.14 bits per heavy atom. The third-order valence-corrected chi connectivity index (χ3v) is 5.35. The van der Waals surface area contributed by atoms with Gasteiger partial charge in [-0.3, -0.25) is 18.6 Å². The van der Waals surface area contributed by atoms with E-state index in [1.54, 1.807) is 13.8 Å². The lowest BCUT2D eigenvalue weighted by Gasteiger charge is -2.24. The molecule has 0 radical (unpaired) electrons. The van der Waals surface area contributed by atoms with Crippen LogP contribution in [0.3, 0.4) is 0 Å². The molecule has 0 amide bonds. The SMILES string of the molecule is CC(C)(CCCC(=O)CCC(=O)CCC(C)(C)COP(N)(=O)O)COP(N)(=O)O. The van der Waals surface area contributed by atoms with Crippen LogP contribution in [0.25, 0.3) is 0 Å². The molecule has 0 fully saturated rings. The van der Waals surface area contributed by atoms with E-state index in [0.29, 0.717) is 25.7 Å². The van der Waals surface area contributed by atoms with E-state index in [4.69, 9.17) is 29.8 Å². The first kappa shape index (κ1) is 28.6. The Morgan fingerprint density at radius 3 is 1.55 bits per heavy atom. The fourth-order valence-corrected chi connectivity index (χ4v) is 3.52. The summed E-state index contributed by atoms with van der Waals surface area (Å²) in [4.78, 5) is 41.9. The minimum atomic E-state index is -4.04. The fraction of sp³-hybridized carbons (Fsp3) is 0.882. The van der Waals surface area contributed by atoms with E-state index in [0.717, 1.165) is 0 Å². The second-order valence-corrected chi connectivity index (χ2v) is 11.7. The number of hydrogen-bond acceptors (Lipinski definition) is 6. The highest BCUT2D eigenvalue weighted by molar-refractivity contribution is 7.50. The normalized spacial score (nSPS) is 16.8. The zero-order valence-corrected chi connectivity index (χ0v) is 19.5. The first-order chi connectivity index (χ1) is 12.9. The lowest BCUT2D eigenvalue weighted by molar-refractivity contribution is -0.124. The molecular weight excluding hydrogens is 422 g/mol. The van der Waals surface area contributed by atoms with Crippen LogP contribution in [0.15, 0.2) is 0 Å². The van der Waals surface area contributed by atoms with Gasteiger partial charge >= 0.3 is 15.5 Å². The highest BCUT2D eigenvalue weighted by Crippen LogP contribution is 2.36. The number of nitrogens with two attached hydrogens (primary N) is 2. The minimum Gasteiger partial charge on any atom is -0.313 e. The number of carbonyl (C=O) groups excluding carboxylic acids is 2. The van der Waals surface area contributed by atoms with Gasteiger partial charge in [0, 0.05) is 25.7 Å². The highest BCUT2D eigenvalue weighted by atomic mass is 31.2. The summed E-state index contributed by atoms with van der Waals surface area (Å²) in [5, 5.41) is 0. The van der Waals surface area contributed by atoms with Crippen molar-refractivity contribution in [3.8, 4) is 0 Å². The fourth-order valence-electron chi connectivity index (χ4n) is 2.45. The number of hydrogen-bond donors (Lipinski definition) is 4. The molecule has 6 N–H and O–H groups in total. The maximum absolute atomic E-state index is 12.0. The molecule has 12 heteroatoms. The number of Topliss-reactive ketones (excluding diaryl/α,β-unsaturated/α-hetero) is 2. The van der Waals surface area contributed by atoms with E-state index >= 15 is 0 Å². The maximum atomic E-state index is 12.0. The topological polar surface area (TPSA) is 179 Å². The Labute approximate surface area is 172 Å². The molecule has 0 aromatic carbocycles. The van der Waals surface area contributed by atoms with Crippen LogP contribution in [0, 0.1) is 10.8 Å². The molecule has 2 unspecified atom stereocenters. The summed E-state index contributed by atoms with van der Waals surface area (Å²) in [6.07, 6.45) is 2.51. The summed E-state index contributed by atoms with van der Waals surface area (Å²) in [5.74, 6) is -0.0737. The first-order valence-corrected chi connectivity index (χ1v) is 12.8. The van der Waals surface area contributed by atoms with Crippen LogP contribution in [-0.4, -0.2) is 34.6 Å². The summed E-state index contributed by atoms with van der Waals surface area (Å²) < 4.78 is 31.4. The molecule has 10 nitrogen and oxygen atoms in total. The van der Waals surface area contributed by atoms with Gasteiger partial charge in [0.25, 0.3) is 0 Å². The lowest BCUT2D eigenvalue weighted by Crippen LogP contribution is -2.21. The Hall–Kier alpha value is -0.440. The largest absolute Gasteiger partial charge is 0.400 e. The van der Waals surface area contributed by atoms with E-state index in [2.05, 4.69) is 0 Å². The van der Waals surface area contributed by atoms with Crippen LogP contribution in [0.4, 0.5) is 0 Å². The molecule has 0 aliphatic heterocycles. The third kappa shape index (κ3) is 18.1. The van der Waals surface area contributed by atoms with Gasteiger partial charge in [0.05, 0.1) is 13.2 Å². The van der Waals surface area contributed by atoms with Crippen molar-refractivity contribution in [2.75, 3.05) is 13.2 Å². The summed E-state index contributed by atoms with van der Waals surface area (Å²) in [5.41, 5.74) is 8.98. The van der Waals surface area contributed by atoms with Gasteiger partial charge < -0.3 is 9.79 Å². The van der Waals surface area contributed by atoms with Crippen LogP contribution >= 0.6 is 15.5 Å². The molecule has 0 saturated heterocycles. The summed E-state index contributed by atoms with van der Waals surface area (Å²) in [7, 11) is -8.05. The van der Waals surface area contributed by atoms with Crippen molar-refractivity contribution in [1.82, 2.24) is 0 Å². The van der Waals surface area contributed by atoms with Gasteiger partial charge in [-0.15, -0.1) is 0 Å². The Morgan fingerprint density at radius 1 is 0.759 bits per heavy atom. The minimum absolute atomic E-state index is 0.0132. The van der Waals surface area contributed by atoms with Gasteiger partial charge in [0.2, 0.25) is 0 Å². The van der Waals surface area contributed by atoms with E-state index in [9.17, 15) is 18.7 Å². The molecule has 0 aromatic heterocycles.